The van der Waals surface area contributed by atoms with Crippen LogP contribution in [0.3, 0.4) is 0 Å². The molecule has 0 aromatic carbocycles. The van der Waals surface area contributed by atoms with E-state index >= 15 is 0 Å². The van der Waals surface area contributed by atoms with E-state index in [1.165, 1.54) is 0 Å². The molecular formula is C12H23NO2. The van der Waals surface area contributed by atoms with Crippen molar-refractivity contribution >= 4 is 11.7 Å². The Morgan fingerprint density at radius 2 is 1.47 bits per heavy atom. The molecule has 0 fully saturated rings. The van der Waals surface area contributed by atoms with Crippen molar-refractivity contribution in [2.24, 2.45) is 22.5 Å². The van der Waals surface area contributed by atoms with Gasteiger partial charge < -0.3 is 5.73 Å². The van der Waals surface area contributed by atoms with Crippen LogP contribution in [-0.4, -0.2) is 11.7 Å². The van der Waals surface area contributed by atoms with Gasteiger partial charge in [-0.3, -0.25) is 9.59 Å². The van der Waals surface area contributed by atoms with Crippen LogP contribution in [0.15, 0.2) is 0 Å². The molecule has 3 heteroatoms. The highest BCUT2D eigenvalue weighted by molar-refractivity contribution is 5.90. The van der Waals surface area contributed by atoms with Gasteiger partial charge in [-0.1, -0.05) is 41.5 Å². The summed E-state index contributed by atoms with van der Waals surface area (Å²) >= 11 is 0. The standard InChI is InChI=1S/C12H23NO2/c1-11(2,3)8(7-9(13)14)10(15)12(4,5)6/h8H,7H2,1-6H3,(H2,13,14)/t8-/m0/s1. The number of amides is 1. The highest BCUT2D eigenvalue weighted by atomic mass is 16.1. The molecule has 1 amide bonds. The van der Waals surface area contributed by atoms with Gasteiger partial charge in [-0.2, -0.15) is 0 Å². The summed E-state index contributed by atoms with van der Waals surface area (Å²) < 4.78 is 0. The molecule has 3 nitrogen and oxygen atoms in total. The normalized spacial score (nSPS) is 14.8. The maximum Gasteiger partial charge on any atom is 0.218 e. The summed E-state index contributed by atoms with van der Waals surface area (Å²) in [6, 6.07) is 0. The molecule has 0 aliphatic heterocycles. The topological polar surface area (TPSA) is 60.2 Å². The monoisotopic (exact) mass is 213 g/mol. The van der Waals surface area contributed by atoms with E-state index in [9.17, 15) is 9.59 Å². The number of hydrogen-bond donors (Lipinski definition) is 1. The molecule has 2 N–H and O–H groups in total. The molecule has 0 aromatic rings. The summed E-state index contributed by atoms with van der Waals surface area (Å²) in [6.07, 6.45) is 0.138. The number of carbonyl (C=O) groups is 2. The van der Waals surface area contributed by atoms with E-state index in [-0.39, 0.29) is 23.5 Å². The third-order valence-corrected chi connectivity index (χ3v) is 2.51. The van der Waals surface area contributed by atoms with Crippen molar-refractivity contribution in [1.82, 2.24) is 0 Å². The highest BCUT2D eigenvalue weighted by Crippen LogP contribution is 2.34. The zero-order valence-corrected chi connectivity index (χ0v) is 10.7. The summed E-state index contributed by atoms with van der Waals surface area (Å²) in [5, 5.41) is 0. The van der Waals surface area contributed by atoms with Crippen LogP contribution < -0.4 is 5.73 Å². The smallest absolute Gasteiger partial charge is 0.218 e. The minimum atomic E-state index is -0.423. The number of rotatable bonds is 3. The van der Waals surface area contributed by atoms with Crippen molar-refractivity contribution in [1.29, 1.82) is 0 Å². The molecule has 0 bridgehead atoms. The van der Waals surface area contributed by atoms with E-state index in [0.29, 0.717) is 0 Å². The Bertz CT molecular complexity index is 256. The Labute approximate surface area is 92.4 Å². The Balaban J connectivity index is 4.97. The average molecular weight is 213 g/mol. The van der Waals surface area contributed by atoms with Crippen LogP contribution in [0.25, 0.3) is 0 Å². The lowest BCUT2D eigenvalue weighted by Crippen LogP contribution is -2.38. The second-order valence-corrected chi connectivity index (χ2v) is 6.20. The molecule has 1 atom stereocenters. The van der Waals surface area contributed by atoms with Gasteiger partial charge in [-0.15, -0.1) is 0 Å². The fourth-order valence-electron chi connectivity index (χ4n) is 1.52. The van der Waals surface area contributed by atoms with Gasteiger partial charge in [-0.25, -0.2) is 0 Å². The number of hydrogen-bond acceptors (Lipinski definition) is 2. The van der Waals surface area contributed by atoms with Gasteiger partial charge in [0.15, 0.2) is 0 Å². The first-order chi connectivity index (χ1) is 6.46. The second-order valence-electron chi connectivity index (χ2n) is 6.20. The molecule has 0 rings (SSSR count). The van der Waals surface area contributed by atoms with Gasteiger partial charge in [-0.05, 0) is 5.41 Å². The van der Waals surface area contributed by atoms with Gasteiger partial charge in [0, 0.05) is 17.8 Å². The van der Waals surface area contributed by atoms with Crippen molar-refractivity contribution in [2.75, 3.05) is 0 Å². The quantitative estimate of drug-likeness (QED) is 0.780. The average Bonchev–Trinajstić information content (AvgIpc) is 1.94. The minimum absolute atomic E-state index is 0.105. The van der Waals surface area contributed by atoms with Crippen LogP contribution in [0.5, 0.6) is 0 Å². The molecule has 0 aliphatic carbocycles. The van der Waals surface area contributed by atoms with E-state index in [4.69, 9.17) is 5.73 Å². The number of Topliss-reactive ketones (excluding diaryl/α,β-unsaturated/α-hetero) is 1. The van der Waals surface area contributed by atoms with Crippen LogP contribution >= 0.6 is 0 Å². The SMILES string of the molecule is CC(C)(C)C(=O)[C@H](CC(N)=O)C(C)(C)C. The van der Waals surface area contributed by atoms with Crippen molar-refractivity contribution in [3.63, 3.8) is 0 Å². The van der Waals surface area contributed by atoms with Crippen molar-refractivity contribution in [3.8, 4) is 0 Å². The third-order valence-electron chi connectivity index (χ3n) is 2.51. The fourth-order valence-corrected chi connectivity index (χ4v) is 1.52. The molecular weight excluding hydrogens is 190 g/mol. The van der Waals surface area contributed by atoms with Crippen LogP contribution in [0.2, 0.25) is 0 Å². The van der Waals surface area contributed by atoms with E-state index in [2.05, 4.69) is 0 Å². The Morgan fingerprint density at radius 3 is 1.67 bits per heavy atom. The fraction of sp³-hybridized carbons (Fsp3) is 0.833. The number of primary amides is 1. The first-order valence-electron chi connectivity index (χ1n) is 5.29. The van der Waals surface area contributed by atoms with E-state index < -0.39 is 11.3 Å². The van der Waals surface area contributed by atoms with E-state index in [1.807, 2.05) is 41.5 Å². The van der Waals surface area contributed by atoms with Crippen molar-refractivity contribution in [3.05, 3.63) is 0 Å². The molecule has 88 valence electrons. The second kappa shape index (κ2) is 4.33. The van der Waals surface area contributed by atoms with Gasteiger partial charge in [0.1, 0.15) is 5.78 Å². The lowest BCUT2D eigenvalue weighted by atomic mass is 9.69. The number of nitrogens with two attached hydrogens (primary N) is 1. The maximum atomic E-state index is 12.1. The minimum Gasteiger partial charge on any atom is -0.370 e. The summed E-state index contributed by atoms with van der Waals surface area (Å²) in [5.41, 5.74) is 4.53. The lowest BCUT2D eigenvalue weighted by molar-refractivity contribution is -0.137. The summed E-state index contributed by atoms with van der Waals surface area (Å²) in [7, 11) is 0. The maximum absolute atomic E-state index is 12.1. The van der Waals surface area contributed by atoms with Gasteiger partial charge in [0.25, 0.3) is 0 Å². The summed E-state index contributed by atoms with van der Waals surface area (Å²) in [4.78, 5) is 23.1. The number of ketones is 1. The largest absolute Gasteiger partial charge is 0.370 e. The zero-order valence-electron chi connectivity index (χ0n) is 10.7. The van der Waals surface area contributed by atoms with Crippen LogP contribution in [0, 0.1) is 16.7 Å². The first-order valence-corrected chi connectivity index (χ1v) is 5.29. The molecule has 0 radical (unpaired) electrons. The molecule has 0 heterocycles. The first kappa shape index (κ1) is 14.1. The summed E-state index contributed by atoms with van der Waals surface area (Å²) in [5.74, 6) is -0.601. The molecule has 15 heavy (non-hydrogen) atoms. The lowest BCUT2D eigenvalue weighted by Gasteiger charge is -2.33. The molecule has 0 spiro atoms. The van der Waals surface area contributed by atoms with Crippen LogP contribution in [0.1, 0.15) is 48.0 Å². The molecule has 0 aliphatic rings. The van der Waals surface area contributed by atoms with Crippen LogP contribution in [0.4, 0.5) is 0 Å². The Morgan fingerprint density at radius 1 is 1.07 bits per heavy atom. The Hall–Kier alpha value is -0.860. The Kier molecular flexibility index (Phi) is 4.08. The highest BCUT2D eigenvalue weighted by Gasteiger charge is 2.37. The van der Waals surface area contributed by atoms with Crippen molar-refractivity contribution in [2.45, 2.75) is 48.0 Å². The third kappa shape index (κ3) is 4.45. The van der Waals surface area contributed by atoms with Gasteiger partial charge in [0.2, 0.25) is 5.91 Å². The van der Waals surface area contributed by atoms with E-state index in [0.717, 1.165) is 0 Å². The number of carbonyl (C=O) groups excluding carboxylic acids is 2. The zero-order chi connectivity index (χ0) is 12.4. The van der Waals surface area contributed by atoms with Gasteiger partial charge in [0.05, 0.1) is 0 Å². The molecule has 0 saturated heterocycles. The van der Waals surface area contributed by atoms with Gasteiger partial charge >= 0.3 is 0 Å². The molecule has 0 unspecified atom stereocenters. The predicted octanol–water partition coefficient (Wildman–Crippen LogP) is 2.14. The predicted molar refractivity (Wildman–Crippen MR) is 61.2 cm³/mol. The van der Waals surface area contributed by atoms with E-state index in [1.54, 1.807) is 0 Å². The van der Waals surface area contributed by atoms with Crippen LogP contribution in [-0.2, 0) is 9.59 Å². The summed E-state index contributed by atoms with van der Waals surface area (Å²) in [6.45, 7) is 11.5. The molecule has 0 saturated carbocycles. The molecule has 0 aromatic heterocycles. The van der Waals surface area contributed by atoms with Crippen molar-refractivity contribution < 1.29 is 9.59 Å².